The van der Waals surface area contributed by atoms with Crippen LogP contribution in [0.5, 0.6) is 11.5 Å². The summed E-state index contributed by atoms with van der Waals surface area (Å²) in [6, 6.07) is 8.92. The summed E-state index contributed by atoms with van der Waals surface area (Å²) in [6.07, 6.45) is -4.14. The van der Waals surface area contributed by atoms with Gasteiger partial charge in [-0.1, -0.05) is 43.4 Å². The highest BCUT2D eigenvalue weighted by Crippen LogP contribution is 2.40. The number of benzene rings is 2. The summed E-state index contributed by atoms with van der Waals surface area (Å²) >= 11 is 1.06. The van der Waals surface area contributed by atoms with Crippen molar-refractivity contribution >= 4 is 17.3 Å². The van der Waals surface area contributed by atoms with Crippen LogP contribution in [0.2, 0.25) is 0 Å². The molecular weight excluding hydrogens is 584 g/mol. The molecule has 2 aromatic carbocycles. The van der Waals surface area contributed by atoms with Gasteiger partial charge in [0.2, 0.25) is 0 Å². The van der Waals surface area contributed by atoms with Crippen LogP contribution < -0.4 is 9.47 Å². The molecule has 224 valence electrons. The highest BCUT2D eigenvalue weighted by molar-refractivity contribution is 7.12. The quantitative estimate of drug-likeness (QED) is 0.126. The van der Waals surface area contributed by atoms with Crippen LogP contribution in [-0.2, 0) is 17.6 Å². The van der Waals surface area contributed by atoms with Crippen LogP contribution in [0.1, 0.15) is 40.3 Å². The SMILES string of the molecule is C=CC(/C=C(\C=C/CC)C(F)(F)F)c1sc(COc2ccc(OCC(=O)O)c(C)c2)nc1-c1ccc(C(F)(F)F)cc1. The van der Waals surface area contributed by atoms with Crippen LogP contribution in [0.4, 0.5) is 26.3 Å². The zero-order valence-corrected chi connectivity index (χ0v) is 23.4. The number of ether oxygens (including phenoxy) is 2. The Morgan fingerprint density at radius 1 is 1.10 bits per heavy atom. The van der Waals surface area contributed by atoms with Crippen LogP contribution in [0, 0.1) is 6.92 Å². The minimum absolute atomic E-state index is 0.0947. The van der Waals surface area contributed by atoms with E-state index in [2.05, 4.69) is 11.6 Å². The second-order valence-electron chi connectivity index (χ2n) is 8.99. The van der Waals surface area contributed by atoms with Gasteiger partial charge in [-0.3, -0.25) is 0 Å². The Morgan fingerprint density at radius 3 is 2.33 bits per heavy atom. The zero-order valence-electron chi connectivity index (χ0n) is 22.6. The minimum Gasteiger partial charge on any atom is -0.486 e. The van der Waals surface area contributed by atoms with E-state index in [-0.39, 0.29) is 17.9 Å². The molecule has 1 N–H and O–H groups in total. The van der Waals surface area contributed by atoms with Gasteiger partial charge in [-0.15, -0.1) is 17.9 Å². The van der Waals surface area contributed by atoms with Gasteiger partial charge in [0.25, 0.3) is 0 Å². The van der Waals surface area contributed by atoms with Crippen molar-refractivity contribution in [2.45, 2.75) is 45.1 Å². The lowest BCUT2D eigenvalue weighted by Gasteiger charge is -2.13. The summed E-state index contributed by atoms with van der Waals surface area (Å²) in [5.41, 5.74) is -0.658. The predicted octanol–water partition coefficient (Wildman–Crippen LogP) is 8.90. The van der Waals surface area contributed by atoms with E-state index in [0.29, 0.717) is 33.4 Å². The molecule has 3 rings (SSSR count). The third-order valence-electron chi connectivity index (χ3n) is 5.82. The molecule has 1 heterocycles. The Morgan fingerprint density at radius 2 is 1.79 bits per heavy atom. The van der Waals surface area contributed by atoms with E-state index < -0.39 is 42.0 Å². The molecule has 0 aliphatic carbocycles. The fourth-order valence-corrected chi connectivity index (χ4v) is 4.85. The number of carboxylic acids is 1. The number of hydrogen-bond donors (Lipinski definition) is 1. The first-order valence-electron chi connectivity index (χ1n) is 12.6. The Kier molecular flexibility index (Phi) is 10.6. The second-order valence-corrected chi connectivity index (χ2v) is 10.1. The standard InChI is InChI=1S/C30H27F6NO4S/c1-4-6-7-22(30(34,35)36)15-19(5-2)28-27(20-8-10-21(11-9-20)29(31,32)33)37-25(42-28)16-40-23-12-13-24(18(3)14-23)41-17-26(38)39/h5-15,19H,2,4,16-17H2,1,3H3,(H,38,39)/b7-6-,22-15+. The van der Waals surface area contributed by atoms with E-state index in [4.69, 9.17) is 14.6 Å². The van der Waals surface area contributed by atoms with Crippen molar-refractivity contribution < 1.29 is 45.7 Å². The number of rotatable bonds is 12. The van der Waals surface area contributed by atoms with Crippen LogP contribution in [-0.4, -0.2) is 28.8 Å². The fraction of sp³-hybridized carbons (Fsp3) is 0.267. The number of aryl methyl sites for hydroxylation is 1. The number of carboxylic acid groups (broad SMARTS) is 1. The van der Waals surface area contributed by atoms with Crippen molar-refractivity contribution in [2.75, 3.05) is 6.61 Å². The lowest BCUT2D eigenvalue weighted by molar-refractivity contribution is -0.139. The summed E-state index contributed by atoms with van der Waals surface area (Å²) in [5, 5.41) is 9.16. The Hall–Kier alpha value is -4.06. The van der Waals surface area contributed by atoms with Crippen molar-refractivity contribution in [1.82, 2.24) is 4.98 Å². The molecule has 0 bridgehead atoms. The van der Waals surface area contributed by atoms with Crippen molar-refractivity contribution in [2.24, 2.45) is 0 Å². The lowest BCUT2D eigenvalue weighted by Crippen LogP contribution is -2.11. The summed E-state index contributed by atoms with van der Waals surface area (Å²) in [5.74, 6) is -1.34. The van der Waals surface area contributed by atoms with E-state index in [1.165, 1.54) is 30.4 Å². The van der Waals surface area contributed by atoms with Gasteiger partial charge in [0.1, 0.15) is 23.1 Å². The average molecular weight is 612 g/mol. The van der Waals surface area contributed by atoms with Gasteiger partial charge in [0.05, 0.1) is 16.8 Å². The van der Waals surface area contributed by atoms with E-state index in [0.717, 1.165) is 35.6 Å². The van der Waals surface area contributed by atoms with Gasteiger partial charge in [-0.2, -0.15) is 26.3 Å². The second kappa shape index (κ2) is 13.7. The van der Waals surface area contributed by atoms with Crippen molar-refractivity contribution in [3.63, 3.8) is 0 Å². The number of halogens is 6. The van der Waals surface area contributed by atoms with Gasteiger partial charge in [0, 0.05) is 16.4 Å². The highest BCUT2D eigenvalue weighted by atomic mass is 32.1. The molecule has 3 aromatic rings. The van der Waals surface area contributed by atoms with Crippen LogP contribution >= 0.6 is 11.3 Å². The maximum Gasteiger partial charge on any atom is 0.416 e. The molecule has 0 fully saturated rings. The first-order valence-corrected chi connectivity index (χ1v) is 13.4. The molecule has 1 aromatic heterocycles. The summed E-state index contributed by atoms with van der Waals surface area (Å²) in [4.78, 5) is 15.6. The molecule has 1 unspecified atom stereocenters. The molecule has 1 atom stereocenters. The largest absolute Gasteiger partial charge is 0.486 e. The predicted molar refractivity (Wildman–Crippen MR) is 148 cm³/mol. The smallest absolute Gasteiger partial charge is 0.416 e. The fourth-order valence-electron chi connectivity index (χ4n) is 3.78. The van der Waals surface area contributed by atoms with E-state index in [1.807, 2.05) is 0 Å². The molecule has 0 aliphatic rings. The Labute approximate surface area is 242 Å². The Balaban J connectivity index is 2.00. The van der Waals surface area contributed by atoms with Gasteiger partial charge in [-0.05, 0) is 49.2 Å². The molecule has 0 saturated heterocycles. The van der Waals surface area contributed by atoms with Crippen molar-refractivity contribution in [1.29, 1.82) is 0 Å². The maximum atomic E-state index is 13.8. The van der Waals surface area contributed by atoms with E-state index >= 15 is 0 Å². The van der Waals surface area contributed by atoms with Gasteiger partial charge in [0.15, 0.2) is 6.61 Å². The normalized spacial score (nSPS) is 13.3. The zero-order chi connectivity index (χ0) is 31.1. The molecule has 0 amide bonds. The molecular formula is C30H27F6NO4S. The van der Waals surface area contributed by atoms with Gasteiger partial charge in [-0.25, -0.2) is 9.78 Å². The van der Waals surface area contributed by atoms with Gasteiger partial charge < -0.3 is 14.6 Å². The first-order chi connectivity index (χ1) is 19.7. The van der Waals surface area contributed by atoms with Crippen LogP contribution in [0.3, 0.4) is 0 Å². The molecule has 0 spiro atoms. The number of nitrogens with zero attached hydrogens (tertiary/aromatic N) is 1. The minimum atomic E-state index is -4.64. The summed E-state index contributed by atoms with van der Waals surface area (Å²) in [7, 11) is 0. The number of aliphatic carboxylic acids is 1. The summed E-state index contributed by atoms with van der Waals surface area (Å²) < 4.78 is 91.7. The molecule has 0 saturated carbocycles. The van der Waals surface area contributed by atoms with Crippen molar-refractivity contribution in [3.8, 4) is 22.8 Å². The number of alkyl halides is 6. The topological polar surface area (TPSA) is 68.7 Å². The number of aromatic nitrogens is 1. The third kappa shape index (κ3) is 8.72. The summed E-state index contributed by atoms with van der Waals surface area (Å²) in [6.45, 7) is 6.48. The van der Waals surface area contributed by atoms with E-state index in [9.17, 15) is 31.1 Å². The van der Waals surface area contributed by atoms with Crippen LogP contribution in [0.15, 0.2) is 78.9 Å². The molecule has 12 heteroatoms. The van der Waals surface area contributed by atoms with Gasteiger partial charge >= 0.3 is 18.3 Å². The monoisotopic (exact) mass is 611 g/mol. The highest BCUT2D eigenvalue weighted by Gasteiger charge is 2.33. The molecule has 5 nitrogen and oxygen atoms in total. The molecule has 0 aliphatic heterocycles. The van der Waals surface area contributed by atoms with Crippen molar-refractivity contribution in [3.05, 3.63) is 99.9 Å². The number of hydrogen-bond acceptors (Lipinski definition) is 5. The number of carbonyl (C=O) groups is 1. The number of thiazole rings is 1. The first kappa shape index (κ1) is 32.5. The third-order valence-corrected chi connectivity index (χ3v) is 6.95. The van der Waals surface area contributed by atoms with Crippen LogP contribution in [0.25, 0.3) is 11.3 Å². The lowest BCUT2D eigenvalue weighted by atomic mass is 9.98. The average Bonchev–Trinajstić information content (AvgIpc) is 3.34. The Bertz CT molecular complexity index is 1460. The maximum absolute atomic E-state index is 13.8. The van der Waals surface area contributed by atoms with E-state index in [1.54, 1.807) is 26.0 Å². The number of allylic oxidation sites excluding steroid dienone is 5. The molecule has 42 heavy (non-hydrogen) atoms. The molecule has 0 radical (unpaired) electrons.